The molecule has 0 atom stereocenters. The molecule has 0 aromatic heterocycles. The molecule has 1 aliphatic rings. The lowest BCUT2D eigenvalue weighted by atomic mass is 10.1. The molecule has 2 nitrogen and oxygen atoms in total. The Hall–Kier alpha value is -2.35. The van der Waals surface area contributed by atoms with E-state index in [2.05, 4.69) is 0 Å². The van der Waals surface area contributed by atoms with Crippen LogP contribution >= 0.6 is 0 Å². The monoisotopic (exact) mass is 252 g/mol. The lowest BCUT2D eigenvalue weighted by Gasteiger charge is -1.99. The molecule has 0 saturated carbocycles. The zero-order valence-electron chi connectivity index (χ0n) is 10.9. The van der Waals surface area contributed by atoms with Crippen LogP contribution in [0.4, 0.5) is 0 Å². The van der Waals surface area contributed by atoms with E-state index in [0.29, 0.717) is 0 Å². The molecule has 0 amide bonds. The molecule has 0 spiro atoms. The first-order valence-electron chi connectivity index (χ1n) is 6.18. The normalized spacial score (nSPS) is 14.3. The first kappa shape index (κ1) is 13.1. The third-order valence-electron chi connectivity index (χ3n) is 2.83. The van der Waals surface area contributed by atoms with E-state index in [4.69, 9.17) is 4.74 Å². The molecule has 96 valence electrons. The lowest BCUT2D eigenvalue weighted by molar-refractivity contribution is -0.111. The summed E-state index contributed by atoms with van der Waals surface area (Å²) in [5.74, 6) is 0.893. The summed E-state index contributed by atoms with van der Waals surface area (Å²) in [7, 11) is 1.64. The van der Waals surface area contributed by atoms with Crippen LogP contribution in [0.1, 0.15) is 12.0 Å². The highest BCUT2D eigenvalue weighted by molar-refractivity contribution is 6.04. The highest BCUT2D eigenvalue weighted by atomic mass is 16.5. The first-order valence-corrected chi connectivity index (χ1v) is 6.18. The van der Waals surface area contributed by atoms with Crippen molar-refractivity contribution < 1.29 is 9.53 Å². The molecule has 2 rings (SSSR count). The summed E-state index contributed by atoms with van der Waals surface area (Å²) in [6.07, 6.45) is 13.6. The van der Waals surface area contributed by atoms with Crippen LogP contribution in [-0.2, 0) is 4.79 Å². The lowest BCUT2D eigenvalue weighted by Crippen LogP contribution is -1.94. The molecule has 0 radical (unpaired) electrons. The van der Waals surface area contributed by atoms with Crippen LogP contribution in [0.5, 0.6) is 5.75 Å². The van der Waals surface area contributed by atoms with Gasteiger partial charge in [-0.25, -0.2) is 0 Å². The minimum atomic E-state index is 0.0697. The van der Waals surface area contributed by atoms with Crippen molar-refractivity contribution in [3.05, 3.63) is 71.9 Å². The van der Waals surface area contributed by atoms with Crippen molar-refractivity contribution in [3.8, 4) is 5.75 Å². The summed E-state index contributed by atoms with van der Waals surface area (Å²) in [6.45, 7) is 0. The van der Waals surface area contributed by atoms with Crippen LogP contribution in [0, 0.1) is 0 Å². The van der Waals surface area contributed by atoms with Gasteiger partial charge in [0.2, 0.25) is 0 Å². The average Bonchev–Trinajstić information content (AvgIpc) is 2.98. The number of ketones is 1. The standard InChI is InChI=1S/C17H16O2/c1-19-16-11-6-8-14(13-16)7-2-5-12-17(18)15-9-3-4-10-15/h2-9,11-13H,10H2,1H3/b7-2+,12-5+. The van der Waals surface area contributed by atoms with Crippen LogP contribution in [-0.4, -0.2) is 12.9 Å². The van der Waals surface area contributed by atoms with E-state index in [1.165, 1.54) is 0 Å². The van der Waals surface area contributed by atoms with Gasteiger partial charge in [-0.3, -0.25) is 4.79 Å². The van der Waals surface area contributed by atoms with Crippen LogP contribution in [0.3, 0.4) is 0 Å². The zero-order valence-corrected chi connectivity index (χ0v) is 10.9. The smallest absolute Gasteiger partial charge is 0.182 e. The minimum Gasteiger partial charge on any atom is -0.497 e. The zero-order chi connectivity index (χ0) is 13.5. The summed E-state index contributed by atoms with van der Waals surface area (Å²) in [4.78, 5) is 11.7. The maximum absolute atomic E-state index is 11.7. The van der Waals surface area contributed by atoms with Gasteiger partial charge in [0, 0.05) is 5.57 Å². The molecule has 1 aliphatic carbocycles. The molecule has 0 fully saturated rings. The highest BCUT2D eigenvalue weighted by Gasteiger charge is 2.05. The molecule has 0 bridgehead atoms. The Morgan fingerprint density at radius 1 is 1.32 bits per heavy atom. The molecular formula is C17H16O2. The Kier molecular flexibility index (Phi) is 4.51. The summed E-state index contributed by atoms with van der Waals surface area (Å²) < 4.78 is 5.15. The Morgan fingerprint density at radius 2 is 2.21 bits per heavy atom. The van der Waals surface area contributed by atoms with Crippen molar-refractivity contribution in [2.75, 3.05) is 7.11 Å². The quantitative estimate of drug-likeness (QED) is 0.589. The summed E-state index contributed by atoms with van der Waals surface area (Å²) in [5, 5.41) is 0. The molecule has 19 heavy (non-hydrogen) atoms. The second-order valence-electron chi connectivity index (χ2n) is 4.18. The summed E-state index contributed by atoms with van der Waals surface area (Å²) >= 11 is 0. The van der Waals surface area contributed by atoms with Gasteiger partial charge in [0.25, 0.3) is 0 Å². The second-order valence-corrected chi connectivity index (χ2v) is 4.18. The Morgan fingerprint density at radius 3 is 2.95 bits per heavy atom. The second kappa shape index (κ2) is 6.55. The topological polar surface area (TPSA) is 26.3 Å². The highest BCUT2D eigenvalue weighted by Crippen LogP contribution is 2.14. The number of rotatable bonds is 5. The SMILES string of the molecule is COc1cccc(/C=C/C=C/C(=O)C2=CC=CC2)c1. The van der Waals surface area contributed by atoms with Gasteiger partial charge < -0.3 is 4.74 Å². The van der Waals surface area contributed by atoms with Gasteiger partial charge >= 0.3 is 0 Å². The van der Waals surface area contributed by atoms with Gasteiger partial charge in [0.1, 0.15) is 5.75 Å². The van der Waals surface area contributed by atoms with Gasteiger partial charge in [-0.1, -0.05) is 48.6 Å². The number of carbonyl (C=O) groups is 1. The molecule has 0 saturated heterocycles. The van der Waals surface area contributed by atoms with Crippen molar-refractivity contribution in [3.63, 3.8) is 0 Å². The largest absolute Gasteiger partial charge is 0.497 e. The Bertz CT molecular complexity index is 575. The Labute approximate surface area is 113 Å². The van der Waals surface area contributed by atoms with E-state index in [0.717, 1.165) is 23.3 Å². The molecular weight excluding hydrogens is 236 g/mol. The molecule has 1 aromatic carbocycles. The molecule has 1 aromatic rings. The predicted octanol–water partition coefficient (Wildman–Crippen LogP) is 3.72. The van der Waals surface area contributed by atoms with Crippen molar-refractivity contribution in [2.24, 2.45) is 0 Å². The van der Waals surface area contributed by atoms with Gasteiger partial charge in [0.15, 0.2) is 5.78 Å². The fourth-order valence-corrected chi connectivity index (χ4v) is 1.79. The van der Waals surface area contributed by atoms with Crippen LogP contribution in [0.15, 0.2) is 66.3 Å². The third-order valence-corrected chi connectivity index (χ3v) is 2.83. The number of hydrogen-bond donors (Lipinski definition) is 0. The van der Waals surface area contributed by atoms with E-state index >= 15 is 0 Å². The van der Waals surface area contributed by atoms with Crippen molar-refractivity contribution in [2.45, 2.75) is 6.42 Å². The summed E-state index contributed by atoms with van der Waals surface area (Å²) in [6, 6.07) is 7.76. The fraction of sp³-hybridized carbons (Fsp3) is 0.118. The number of carbonyl (C=O) groups excluding carboxylic acids is 1. The summed E-state index contributed by atoms with van der Waals surface area (Å²) in [5.41, 5.74) is 1.88. The van der Waals surface area contributed by atoms with Crippen LogP contribution in [0.25, 0.3) is 6.08 Å². The Balaban J connectivity index is 1.93. The van der Waals surface area contributed by atoms with Crippen LogP contribution < -0.4 is 4.74 Å². The first-order chi connectivity index (χ1) is 9.29. The molecule has 0 unspecified atom stereocenters. The van der Waals surface area contributed by atoms with E-state index in [1.54, 1.807) is 19.3 Å². The predicted molar refractivity (Wildman–Crippen MR) is 78.0 cm³/mol. The van der Waals surface area contributed by atoms with E-state index in [1.807, 2.05) is 54.6 Å². The van der Waals surface area contributed by atoms with E-state index in [9.17, 15) is 4.79 Å². The van der Waals surface area contributed by atoms with Crippen LogP contribution in [0.2, 0.25) is 0 Å². The third kappa shape index (κ3) is 3.81. The van der Waals surface area contributed by atoms with Gasteiger partial charge in [-0.2, -0.15) is 0 Å². The maximum Gasteiger partial charge on any atom is 0.182 e. The van der Waals surface area contributed by atoms with E-state index < -0.39 is 0 Å². The van der Waals surface area contributed by atoms with Gasteiger partial charge in [0.05, 0.1) is 7.11 Å². The fourth-order valence-electron chi connectivity index (χ4n) is 1.79. The van der Waals surface area contributed by atoms with Gasteiger partial charge in [-0.15, -0.1) is 0 Å². The van der Waals surface area contributed by atoms with Crippen molar-refractivity contribution >= 4 is 11.9 Å². The molecule has 0 aliphatic heterocycles. The number of hydrogen-bond acceptors (Lipinski definition) is 2. The van der Waals surface area contributed by atoms with Crippen molar-refractivity contribution in [1.82, 2.24) is 0 Å². The van der Waals surface area contributed by atoms with E-state index in [-0.39, 0.29) is 5.78 Å². The number of benzene rings is 1. The van der Waals surface area contributed by atoms with Crippen molar-refractivity contribution in [1.29, 1.82) is 0 Å². The maximum atomic E-state index is 11.7. The average molecular weight is 252 g/mol. The molecule has 2 heteroatoms. The minimum absolute atomic E-state index is 0.0697. The van der Waals surface area contributed by atoms with Gasteiger partial charge in [-0.05, 0) is 30.2 Å². The molecule has 0 N–H and O–H groups in total. The number of ether oxygens (including phenoxy) is 1. The number of allylic oxidation sites excluding steroid dienone is 7. The number of methoxy groups -OCH3 is 1. The molecule has 0 heterocycles.